The fourth-order valence-electron chi connectivity index (χ4n) is 4.66. The fourth-order valence-corrected chi connectivity index (χ4v) is 6.00. The number of carboxylic acid groups (broad SMARTS) is 1. The van der Waals surface area contributed by atoms with Crippen LogP contribution < -0.4 is 14.4 Å². The average molecular weight is 637 g/mol. The number of anilines is 2. The van der Waals surface area contributed by atoms with Crippen molar-refractivity contribution in [1.29, 1.82) is 0 Å². The van der Waals surface area contributed by atoms with Gasteiger partial charge in [-0.25, -0.2) is 8.42 Å². The van der Waals surface area contributed by atoms with E-state index in [1.807, 2.05) is 0 Å². The van der Waals surface area contributed by atoms with Gasteiger partial charge in [-0.05, 0) is 78.4 Å². The summed E-state index contributed by atoms with van der Waals surface area (Å²) < 4.78 is 111. The highest BCUT2D eigenvalue weighted by Gasteiger charge is 2.33. The number of hydrogen-bond acceptors (Lipinski definition) is 5. The largest absolute Gasteiger partial charge is 0.573 e. The van der Waals surface area contributed by atoms with Crippen LogP contribution in [0.1, 0.15) is 24.8 Å². The Labute approximate surface area is 241 Å². The van der Waals surface area contributed by atoms with Gasteiger partial charge in [0.05, 0.1) is 21.8 Å². The number of aliphatic carboxylic acids is 1. The quantitative estimate of drug-likeness (QED) is 0.250. The highest BCUT2D eigenvalue weighted by molar-refractivity contribution is 7.92. The van der Waals surface area contributed by atoms with Gasteiger partial charge in [0.15, 0.2) is 0 Å². The highest BCUT2D eigenvalue weighted by atomic mass is 35.5. The third-order valence-electron chi connectivity index (χ3n) is 6.57. The van der Waals surface area contributed by atoms with Crippen LogP contribution in [0.25, 0.3) is 11.1 Å². The van der Waals surface area contributed by atoms with Crippen molar-refractivity contribution < 1.29 is 49.4 Å². The number of benzene rings is 3. The van der Waals surface area contributed by atoms with E-state index in [-0.39, 0.29) is 34.2 Å². The van der Waals surface area contributed by atoms with E-state index in [4.69, 9.17) is 16.7 Å². The van der Waals surface area contributed by atoms with E-state index < -0.39 is 44.7 Å². The van der Waals surface area contributed by atoms with E-state index in [1.165, 1.54) is 24.3 Å². The summed E-state index contributed by atoms with van der Waals surface area (Å²) in [6.45, 7) is 0.715. The van der Waals surface area contributed by atoms with Gasteiger partial charge in [0, 0.05) is 24.5 Å². The number of carboxylic acids is 1. The number of halogens is 7. The first-order valence-corrected chi connectivity index (χ1v) is 14.2. The average Bonchev–Trinajstić information content (AvgIpc) is 2.87. The first-order valence-electron chi connectivity index (χ1n) is 12.4. The summed E-state index contributed by atoms with van der Waals surface area (Å²) in [4.78, 5) is 12.2. The first kappa shape index (κ1) is 31.3. The standard InChI is InChI=1S/C27H23ClF6N2O5S/c28-20-11-18(12-21(15-20)41-27(32,33)34)17-4-5-24(36-8-6-16(7-9-36)10-25(37)38)23(13-17)35-42(39,40)22-3-1-2-19(14-22)26(29,30)31/h1-5,11-16,35H,6-10H2,(H,37,38). The van der Waals surface area contributed by atoms with Crippen LogP contribution in [0.4, 0.5) is 37.7 Å². The maximum atomic E-state index is 13.3. The zero-order valence-electron chi connectivity index (χ0n) is 21.5. The van der Waals surface area contributed by atoms with Crippen molar-refractivity contribution in [2.45, 2.75) is 36.7 Å². The van der Waals surface area contributed by atoms with E-state index >= 15 is 0 Å². The van der Waals surface area contributed by atoms with Gasteiger partial charge in [0.25, 0.3) is 10.0 Å². The third-order valence-corrected chi connectivity index (χ3v) is 8.15. The van der Waals surface area contributed by atoms with Gasteiger partial charge in [0.2, 0.25) is 0 Å². The molecule has 0 spiro atoms. The van der Waals surface area contributed by atoms with Crippen molar-refractivity contribution in [3.05, 3.63) is 71.2 Å². The van der Waals surface area contributed by atoms with Gasteiger partial charge < -0.3 is 14.7 Å². The smallest absolute Gasteiger partial charge is 0.481 e. The predicted octanol–water partition coefficient (Wildman–Crippen LogP) is 7.42. The van der Waals surface area contributed by atoms with Crippen molar-refractivity contribution in [2.24, 2.45) is 5.92 Å². The third kappa shape index (κ3) is 8.00. The second-order valence-corrected chi connectivity index (χ2v) is 11.7. The molecule has 15 heteroatoms. The van der Waals surface area contributed by atoms with Crippen LogP contribution in [-0.2, 0) is 21.0 Å². The Hall–Kier alpha value is -3.65. The molecular weight excluding hydrogens is 614 g/mol. The Morgan fingerprint density at radius 2 is 1.67 bits per heavy atom. The summed E-state index contributed by atoms with van der Waals surface area (Å²) >= 11 is 6.01. The number of rotatable bonds is 8. The molecule has 1 aliphatic rings. The molecule has 0 radical (unpaired) electrons. The van der Waals surface area contributed by atoms with Crippen LogP contribution in [0, 0.1) is 5.92 Å². The molecule has 42 heavy (non-hydrogen) atoms. The van der Waals surface area contributed by atoms with Crippen molar-refractivity contribution in [1.82, 2.24) is 0 Å². The van der Waals surface area contributed by atoms with E-state index in [2.05, 4.69) is 9.46 Å². The molecule has 3 aromatic rings. The molecule has 0 aliphatic carbocycles. The summed E-state index contributed by atoms with van der Waals surface area (Å²) in [5.74, 6) is -1.65. The van der Waals surface area contributed by atoms with Gasteiger partial charge in [0.1, 0.15) is 5.75 Å². The minimum Gasteiger partial charge on any atom is -0.481 e. The second-order valence-electron chi connectivity index (χ2n) is 9.61. The number of sulfonamides is 1. The summed E-state index contributed by atoms with van der Waals surface area (Å²) in [5, 5.41) is 9.00. The number of piperidine rings is 1. The van der Waals surface area contributed by atoms with Crippen LogP contribution in [0.3, 0.4) is 0 Å². The van der Waals surface area contributed by atoms with E-state index in [1.54, 1.807) is 4.90 Å². The monoisotopic (exact) mass is 636 g/mol. The Morgan fingerprint density at radius 1 is 0.976 bits per heavy atom. The van der Waals surface area contributed by atoms with Gasteiger partial charge in [-0.3, -0.25) is 9.52 Å². The molecule has 7 nitrogen and oxygen atoms in total. The normalized spacial score (nSPS) is 15.0. The van der Waals surface area contributed by atoms with Gasteiger partial charge in [-0.15, -0.1) is 13.2 Å². The lowest BCUT2D eigenvalue weighted by atomic mass is 9.93. The number of alkyl halides is 6. The van der Waals surface area contributed by atoms with Crippen LogP contribution in [0.15, 0.2) is 65.6 Å². The zero-order valence-corrected chi connectivity index (χ0v) is 23.0. The van der Waals surface area contributed by atoms with Crippen LogP contribution in [-0.4, -0.2) is 38.9 Å². The molecule has 0 aromatic heterocycles. The predicted molar refractivity (Wildman–Crippen MR) is 143 cm³/mol. The summed E-state index contributed by atoms with van der Waals surface area (Å²) in [7, 11) is -4.58. The molecule has 0 saturated carbocycles. The summed E-state index contributed by atoms with van der Waals surface area (Å²) in [6, 6.07) is 10.9. The van der Waals surface area contributed by atoms with Gasteiger partial charge in [-0.1, -0.05) is 23.7 Å². The number of nitrogens with zero attached hydrogens (tertiary/aromatic N) is 1. The minimum atomic E-state index is -5.00. The Morgan fingerprint density at radius 3 is 2.29 bits per heavy atom. The number of hydrogen-bond donors (Lipinski definition) is 2. The highest BCUT2D eigenvalue weighted by Crippen LogP contribution is 2.38. The summed E-state index contributed by atoms with van der Waals surface area (Å²) in [5.41, 5.74) is -0.503. The molecule has 1 heterocycles. The first-order chi connectivity index (χ1) is 19.5. The van der Waals surface area contributed by atoms with Crippen molar-refractivity contribution in [3.63, 3.8) is 0 Å². The lowest BCUT2D eigenvalue weighted by molar-refractivity contribution is -0.274. The van der Waals surface area contributed by atoms with Crippen LogP contribution in [0.5, 0.6) is 5.75 Å². The van der Waals surface area contributed by atoms with Crippen LogP contribution >= 0.6 is 11.6 Å². The molecule has 1 fully saturated rings. The lowest BCUT2D eigenvalue weighted by Gasteiger charge is -2.34. The van der Waals surface area contributed by atoms with Crippen molar-refractivity contribution in [2.75, 3.05) is 22.7 Å². The van der Waals surface area contributed by atoms with Gasteiger partial charge in [-0.2, -0.15) is 13.2 Å². The Balaban J connectivity index is 1.74. The zero-order chi connectivity index (χ0) is 30.9. The van der Waals surface area contributed by atoms with E-state index in [0.29, 0.717) is 37.7 Å². The molecule has 0 unspecified atom stereocenters. The molecule has 226 valence electrons. The molecule has 4 rings (SSSR count). The van der Waals surface area contributed by atoms with Gasteiger partial charge >= 0.3 is 18.5 Å². The van der Waals surface area contributed by atoms with E-state index in [9.17, 15) is 39.6 Å². The fraction of sp³-hybridized carbons (Fsp3) is 0.296. The van der Waals surface area contributed by atoms with Crippen LogP contribution in [0.2, 0.25) is 5.02 Å². The molecule has 1 aliphatic heterocycles. The second kappa shape index (κ2) is 11.9. The van der Waals surface area contributed by atoms with Crippen molar-refractivity contribution >= 4 is 39.0 Å². The molecule has 1 saturated heterocycles. The maximum absolute atomic E-state index is 13.3. The molecule has 2 N–H and O–H groups in total. The maximum Gasteiger partial charge on any atom is 0.573 e. The lowest BCUT2D eigenvalue weighted by Crippen LogP contribution is -2.35. The number of carbonyl (C=O) groups is 1. The molecule has 0 bridgehead atoms. The Kier molecular flexibility index (Phi) is 8.88. The van der Waals surface area contributed by atoms with Crippen molar-refractivity contribution in [3.8, 4) is 16.9 Å². The molecule has 3 aromatic carbocycles. The summed E-state index contributed by atoms with van der Waals surface area (Å²) in [6.07, 6.45) is -8.84. The minimum absolute atomic E-state index is 0.0289. The Bertz CT molecular complexity index is 1570. The SMILES string of the molecule is O=C(O)CC1CCN(c2ccc(-c3cc(Cl)cc(OC(F)(F)F)c3)cc2NS(=O)(=O)c2cccc(C(F)(F)F)c2)CC1. The molecular formula is C27H23ClF6N2O5S. The molecule has 0 amide bonds. The topological polar surface area (TPSA) is 95.9 Å². The number of ether oxygens (including phenoxy) is 1. The number of nitrogens with one attached hydrogen (secondary N) is 1. The molecule has 0 atom stereocenters. The van der Waals surface area contributed by atoms with E-state index in [0.717, 1.165) is 30.3 Å².